The number of nitrogens with zero attached hydrogens (tertiary/aromatic N) is 2. The molecule has 1 heterocycles. The maximum absolute atomic E-state index is 14.7. The molecule has 0 atom stereocenters. The first kappa shape index (κ1) is 24.1. The minimum atomic E-state index is -3.92. The highest BCUT2D eigenvalue weighted by Gasteiger charge is 2.30. The zero-order valence-electron chi connectivity index (χ0n) is 17.8. The van der Waals surface area contributed by atoms with Crippen molar-refractivity contribution in [1.29, 1.82) is 0 Å². The molecule has 0 amide bonds. The van der Waals surface area contributed by atoms with Gasteiger partial charge in [0.2, 0.25) is 0 Å². The Hall–Kier alpha value is -1.50. The Morgan fingerprint density at radius 2 is 1.81 bits per heavy atom. The summed E-state index contributed by atoms with van der Waals surface area (Å²) in [7, 11) is -1.89. The van der Waals surface area contributed by atoms with Crippen molar-refractivity contribution in [2.75, 3.05) is 36.7 Å². The average Bonchev–Trinajstić information content (AvgIpc) is 2.74. The second kappa shape index (κ2) is 9.97. The minimum Gasteiger partial charge on any atom is -0.351 e. The van der Waals surface area contributed by atoms with E-state index in [0.29, 0.717) is 24.8 Å². The van der Waals surface area contributed by atoms with E-state index in [4.69, 9.17) is 0 Å². The van der Waals surface area contributed by atoms with E-state index in [1.54, 1.807) is 6.07 Å². The van der Waals surface area contributed by atoms with Crippen LogP contribution >= 0.6 is 22.6 Å². The summed E-state index contributed by atoms with van der Waals surface area (Å²) in [6.07, 6.45) is 1.44. The first-order valence-corrected chi connectivity index (χ1v) is 12.6. The molecule has 2 aromatic carbocycles. The van der Waals surface area contributed by atoms with E-state index < -0.39 is 21.8 Å². The molecule has 0 bridgehead atoms. The number of hydrogen-bond donors (Lipinski definition) is 2. The van der Waals surface area contributed by atoms with Crippen LogP contribution in [0.1, 0.15) is 25.3 Å². The Morgan fingerprint density at radius 3 is 2.42 bits per heavy atom. The van der Waals surface area contributed by atoms with Crippen LogP contribution in [0.3, 0.4) is 0 Å². The number of halogens is 3. The van der Waals surface area contributed by atoms with E-state index in [1.165, 1.54) is 10.4 Å². The van der Waals surface area contributed by atoms with Gasteiger partial charge in [0, 0.05) is 28.4 Å². The first-order valence-electron chi connectivity index (χ1n) is 10.1. The molecule has 0 unspecified atom stereocenters. The van der Waals surface area contributed by atoms with Gasteiger partial charge in [0.15, 0.2) is 11.6 Å². The normalized spacial score (nSPS) is 16.0. The maximum Gasteiger partial charge on any atom is 0.301 e. The quantitative estimate of drug-likeness (QED) is 0.479. The van der Waals surface area contributed by atoms with E-state index in [-0.39, 0.29) is 11.4 Å². The lowest BCUT2D eigenvalue weighted by atomic mass is 10.1. The maximum atomic E-state index is 14.7. The van der Waals surface area contributed by atoms with Crippen LogP contribution in [0.4, 0.5) is 25.8 Å². The summed E-state index contributed by atoms with van der Waals surface area (Å²) in [5.74, 6) is -2.20. The number of nitrogens with one attached hydrogen (secondary N) is 2. The van der Waals surface area contributed by atoms with Crippen molar-refractivity contribution in [2.24, 2.45) is 0 Å². The summed E-state index contributed by atoms with van der Waals surface area (Å²) >= 11 is 2.16. The van der Waals surface area contributed by atoms with E-state index in [9.17, 15) is 17.2 Å². The van der Waals surface area contributed by atoms with E-state index in [1.807, 2.05) is 26.1 Å². The first-order chi connectivity index (χ1) is 14.6. The number of benzene rings is 2. The zero-order chi connectivity index (χ0) is 22.8. The van der Waals surface area contributed by atoms with E-state index in [2.05, 4.69) is 44.5 Å². The van der Waals surface area contributed by atoms with Crippen LogP contribution in [0, 0.1) is 22.1 Å². The molecule has 6 nitrogen and oxygen atoms in total. The molecule has 31 heavy (non-hydrogen) atoms. The van der Waals surface area contributed by atoms with Crippen LogP contribution < -0.4 is 10.0 Å². The molecule has 170 valence electrons. The topological polar surface area (TPSA) is 64.7 Å². The Morgan fingerprint density at radius 1 is 1.16 bits per heavy atom. The largest absolute Gasteiger partial charge is 0.351 e. The summed E-state index contributed by atoms with van der Waals surface area (Å²) < 4.78 is 59.4. The molecule has 10 heteroatoms. The molecule has 2 aromatic rings. The standard InChI is InChI=1S/C21H27F2IN4O2S/c1-4-27(3)16-9-11-28(12-10-16)31(29,30)26-19-8-6-17(22)20(23)21(19)25-18-7-5-15(24)13-14(18)2/h5-8,13,16,25-26H,4,9-12H2,1-3H3. The van der Waals surface area contributed by atoms with Crippen LogP contribution in [0.5, 0.6) is 0 Å². The highest BCUT2D eigenvalue weighted by Crippen LogP contribution is 2.33. The summed E-state index contributed by atoms with van der Waals surface area (Å²) in [5.41, 5.74) is 1.11. The molecule has 0 radical (unpaired) electrons. The molecular weight excluding hydrogens is 537 g/mol. The molecular formula is C21H27F2IN4O2S. The molecule has 0 spiro atoms. The lowest BCUT2D eigenvalue weighted by molar-refractivity contribution is 0.175. The fraction of sp³-hybridized carbons (Fsp3) is 0.429. The second-order valence-electron chi connectivity index (χ2n) is 7.68. The van der Waals surface area contributed by atoms with Crippen LogP contribution in [-0.4, -0.2) is 50.3 Å². The number of rotatable bonds is 7. The van der Waals surface area contributed by atoms with Crippen LogP contribution in [-0.2, 0) is 10.2 Å². The summed E-state index contributed by atoms with van der Waals surface area (Å²) in [6.45, 7) is 5.54. The van der Waals surface area contributed by atoms with E-state index in [0.717, 1.165) is 34.6 Å². The van der Waals surface area contributed by atoms with E-state index >= 15 is 0 Å². The minimum absolute atomic E-state index is 0.0374. The van der Waals surface area contributed by atoms with Crippen molar-refractivity contribution in [3.63, 3.8) is 0 Å². The smallest absolute Gasteiger partial charge is 0.301 e. The predicted octanol–water partition coefficient (Wildman–Crippen LogP) is 4.69. The van der Waals surface area contributed by atoms with Gasteiger partial charge >= 0.3 is 10.2 Å². The second-order valence-corrected chi connectivity index (χ2v) is 10.6. The molecule has 2 N–H and O–H groups in total. The number of piperidine rings is 1. The fourth-order valence-corrected chi connectivity index (χ4v) is 5.56. The lowest BCUT2D eigenvalue weighted by Gasteiger charge is -2.35. The Labute approximate surface area is 196 Å². The van der Waals surface area contributed by atoms with Crippen molar-refractivity contribution < 1.29 is 17.2 Å². The predicted molar refractivity (Wildman–Crippen MR) is 129 cm³/mol. The molecule has 1 aliphatic heterocycles. The lowest BCUT2D eigenvalue weighted by Crippen LogP contribution is -2.47. The van der Waals surface area contributed by atoms with Gasteiger partial charge in [-0.05, 0) is 91.8 Å². The van der Waals surface area contributed by atoms with Gasteiger partial charge in [0.25, 0.3) is 0 Å². The summed E-state index contributed by atoms with van der Waals surface area (Å²) in [4.78, 5) is 2.21. The van der Waals surface area contributed by atoms with Crippen molar-refractivity contribution >= 4 is 49.9 Å². The highest BCUT2D eigenvalue weighted by molar-refractivity contribution is 14.1. The molecule has 1 saturated heterocycles. The van der Waals surface area contributed by atoms with Gasteiger partial charge in [-0.1, -0.05) is 6.92 Å². The third-order valence-corrected chi connectivity index (χ3v) is 7.86. The van der Waals surface area contributed by atoms with Gasteiger partial charge in [-0.3, -0.25) is 4.72 Å². The molecule has 0 aliphatic carbocycles. The Balaban J connectivity index is 1.83. The third kappa shape index (κ3) is 5.65. The number of aryl methyl sites for hydroxylation is 1. The van der Waals surface area contributed by atoms with Crippen molar-refractivity contribution in [1.82, 2.24) is 9.21 Å². The Bertz CT molecular complexity index is 1040. The SMILES string of the molecule is CCN(C)C1CCN(S(=O)(=O)Nc2ccc(F)c(F)c2Nc2ccc(I)cc2C)CC1. The Kier molecular flexibility index (Phi) is 7.76. The summed E-state index contributed by atoms with van der Waals surface area (Å²) in [5, 5.41) is 2.86. The molecule has 3 rings (SSSR count). The summed E-state index contributed by atoms with van der Waals surface area (Å²) in [6, 6.07) is 7.95. The molecule has 0 aromatic heterocycles. The zero-order valence-corrected chi connectivity index (χ0v) is 20.7. The van der Waals surface area contributed by atoms with Crippen molar-refractivity contribution in [3.05, 3.63) is 51.1 Å². The van der Waals surface area contributed by atoms with Gasteiger partial charge in [-0.15, -0.1) is 0 Å². The van der Waals surface area contributed by atoms with Crippen LogP contribution in [0.15, 0.2) is 30.3 Å². The van der Waals surface area contributed by atoms with Gasteiger partial charge in [-0.25, -0.2) is 8.78 Å². The van der Waals surface area contributed by atoms with Gasteiger partial charge in [-0.2, -0.15) is 12.7 Å². The third-order valence-electron chi connectivity index (χ3n) is 5.67. The van der Waals surface area contributed by atoms with Gasteiger partial charge < -0.3 is 10.2 Å². The average molecular weight is 564 g/mol. The highest BCUT2D eigenvalue weighted by atomic mass is 127. The van der Waals surface area contributed by atoms with Crippen LogP contribution in [0.2, 0.25) is 0 Å². The van der Waals surface area contributed by atoms with Crippen LogP contribution in [0.25, 0.3) is 0 Å². The van der Waals surface area contributed by atoms with Gasteiger partial charge in [0.05, 0.1) is 5.69 Å². The van der Waals surface area contributed by atoms with Gasteiger partial charge in [0.1, 0.15) is 5.69 Å². The fourth-order valence-electron chi connectivity index (χ4n) is 3.64. The number of hydrogen-bond acceptors (Lipinski definition) is 4. The molecule has 0 saturated carbocycles. The van der Waals surface area contributed by atoms with Crippen molar-refractivity contribution in [2.45, 2.75) is 32.7 Å². The number of anilines is 3. The monoisotopic (exact) mass is 564 g/mol. The molecule has 1 aliphatic rings. The molecule has 1 fully saturated rings. The van der Waals surface area contributed by atoms with Crippen molar-refractivity contribution in [3.8, 4) is 0 Å².